The van der Waals surface area contributed by atoms with E-state index >= 15 is 0 Å². The first-order valence-corrected chi connectivity index (χ1v) is 9.04. The number of nitrogens with zero attached hydrogens (tertiary/aromatic N) is 1. The molecule has 0 heterocycles. The van der Waals surface area contributed by atoms with Crippen LogP contribution in [0.2, 0.25) is 10.0 Å². The van der Waals surface area contributed by atoms with E-state index in [0.717, 1.165) is 17.7 Å². The van der Waals surface area contributed by atoms with Gasteiger partial charge in [-0.15, -0.1) is 0 Å². The number of carbonyl (C=O) groups excluding carboxylic acids is 2. The van der Waals surface area contributed by atoms with Gasteiger partial charge in [-0.25, -0.2) is 5.43 Å². The molecule has 0 aromatic heterocycles. The SMILES string of the molecule is CCCOc1cccc(C=NNC(=O)CC(=O)Nc2cccc(Cl)c2Cl)c1. The largest absolute Gasteiger partial charge is 0.494 e. The van der Waals surface area contributed by atoms with Crippen molar-refractivity contribution in [3.63, 3.8) is 0 Å². The third-order valence-corrected chi connectivity index (χ3v) is 4.10. The second-order valence-electron chi connectivity index (χ2n) is 5.54. The van der Waals surface area contributed by atoms with Crippen molar-refractivity contribution in [2.45, 2.75) is 19.8 Å². The summed E-state index contributed by atoms with van der Waals surface area (Å²) in [4.78, 5) is 23.7. The third kappa shape index (κ3) is 6.92. The van der Waals surface area contributed by atoms with Gasteiger partial charge in [-0.05, 0) is 36.2 Å². The minimum atomic E-state index is -0.555. The van der Waals surface area contributed by atoms with E-state index in [9.17, 15) is 9.59 Å². The molecule has 0 fully saturated rings. The molecule has 0 aliphatic carbocycles. The Morgan fingerprint density at radius 1 is 1.15 bits per heavy atom. The molecule has 0 bridgehead atoms. The molecule has 2 amide bonds. The number of hydrazone groups is 1. The van der Waals surface area contributed by atoms with Crippen LogP contribution in [0.3, 0.4) is 0 Å². The average molecular weight is 408 g/mol. The van der Waals surface area contributed by atoms with Crippen LogP contribution in [0, 0.1) is 0 Å². The first-order valence-electron chi connectivity index (χ1n) is 8.28. The summed E-state index contributed by atoms with van der Waals surface area (Å²) in [5, 5.41) is 6.91. The molecule has 2 N–H and O–H groups in total. The van der Waals surface area contributed by atoms with Gasteiger partial charge >= 0.3 is 0 Å². The molecule has 0 aliphatic rings. The number of amides is 2. The summed E-state index contributed by atoms with van der Waals surface area (Å²) in [6, 6.07) is 12.1. The van der Waals surface area contributed by atoms with Gasteiger partial charge in [0.2, 0.25) is 11.8 Å². The maximum absolute atomic E-state index is 11.9. The molecule has 142 valence electrons. The molecule has 0 spiro atoms. The molecule has 8 heteroatoms. The lowest BCUT2D eigenvalue weighted by Crippen LogP contribution is -2.24. The minimum absolute atomic E-state index is 0.219. The van der Waals surface area contributed by atoms with E-state index in [2.05, 4.69) is 15.8 Å². The molecule has 0 saturated heterocycles. The Labute approximate surface area is 167 Å². The number of rotatable bonds is 8. The zero-order valence-electron chi connectivity index (χ0n) is 14.7. The van der Waals surface area contributed by atoms with Crippen LogP contribution in [0.5, 0.6) is 5.75 Å². The van der Waals surface area contributed by atoms with Crippen molar-refractivity contribution in [2.24, 2.45) is 5.10 Å². The summed E-state index contributed by atoms with van der Waals surface area (Å²) in [6.07, 6.45) is 1.99. The number of benzene rings is 2. The Hall–Kier alpha value is -2.57. The Kier molecular flexibility index (Phi) is 8.10. The summed E-state index contributed by atoms with van der Waals surface area (Å²) >= 11 is 11.9. The number of hydrogen-bond acceptors (Lipinski definition) is 4. The van der Waals surface area contributed by atoms with Crippen LogP contribution in [0.15, 0.2) is 47.6 Å². The highest BCUT2D eigenvalue weighted by molar-refractivity contribution is 6.44. The van der Waals surface area contributed by atoms with Crippen molar-refractivity contribution in [3.8, 4) is 5.75 Å². The van der Waals surface area contributed by atoms with Crippen LogP contribution < -0.4 is 15.5 Å². The topological polar surface area (TPSA) is 79.8 Å². The molecule has 0 radical (unpaired) electrons. The van der Waals surface area contributed by atoms with Crippen LogP contribution in [0.25, 0.3) is 0 Å². The van der Waals surface area contributed by atoms with Gasteiger partial charge in [-0.2, -0.15) is 5.10 Å². The molecule has 0 saturated carbocycles. The number of nitrogens with one attached hydrogen (secondary N) is 2. The third-order valence-electron chi connectivity index (χ3n) is 3.28. The Balaban J connectivity index is 1.84. The standard InChI is InChI=1S/C19H19Cl2N3O3/c1-2-9-27-14-6-3-5-13(10-14)12-22-24-18(26)11-17(25)23-16-8-4-7-15(20)19(16)21/h3-8,10,12H,2,9,11H2,1H3,(H,23,25)(H,24,26). The van der Waals surface area contributed by atoms with Crippen LogP contribution in [0.4, 0.5) is 5.69 Å². The van der Waals surface area contributed by atoms with Gasteiger partial charge in [0.05, 0.1) is 28.6 Å². The van der Waals surface area contributed by atoms with Crippen molar-refractivity contribution >= 4 is 46.9 Å². The highest BCUT2D eigenvalue weighted by atomic mass is 35.5. The zero-order valence-corrected chi connectivity index (χ0v) is 16.2. The number of halogens is 2. The van der Waals surface area contributed by atoms with E-state index in [-0.39, 0.29) is 5.02 Å². The Morgan fingerprint density at radius 3 is 2.70 bits per heavy atom. The zero-order chi connectivity index (χ0) is 19.6. The molecule has 0 unspecified atom stereocenters. The van der Waals surface area contributed by atoms with Crippen LogP contribution >= 0.6 is 23.2 Å². The summed E-state index contributed by atoms with van der Waals surface area (Å²) in [5.41, 5.74) is 3.41. The molecule has 0 atom stereocenters. The summed E-state index contributed by atoms with van der Waals surface area (Å²) in [5.74, 6) is -0.355. The lowest BCUT2D eigenvalue weighted by molar-refractivity contribution is -0.126. The Bertz CT molecular complexity index is 841. The van der Waals surface area contributed by atoms with Crippen LogP contribution in [-0.4, -0.2) is 24.6 Å². The Morgan fingerprint density at radius 2 is 1.93 bits per heavy atom. The fraction of sp³-hybridized carbons (Fsp3) is 0.211. The average Bonchev–Trinajstić information content (AvgIpc) is 2.64. The number of ether oxygens (including phenoxy) is 1. The van der Waals surface area contributed by atoms with E-state index < -0.39 is 18.2 Å². The first-order chi connectivity index (χ1) is 13.0. The summed E-state index contributed by atoms with van der Waals surface area (Å²) in [6.45, 7) is 2.65. The summed E-state index contributed by atoms with van der Waals surface area (Å²) in [7, 11) is 0. The lowest BCUT2D eigenvalue weighted by atomic mass is 10.2. The highest BCUT2D eigenvalue weighted by Gasteiger charge is 2.12. The predicted octanol–water partition coefficient (Wildman–Crippen LogP) is 4.26. The van der Waals surface area contributed by atoms with E-state index in [1.165, 1.54) is 6.21 Å². The molecule has 2 aromatic carbocycles. The fourth-order valence-corrected chi connectivity index (χ4v) is 2.41. The van der Waals surface area contributed by atoms with Gasteiger partial charge in [-0.3, -0.25) is 9.59 Å². The molecule has 2 aromatic rings. The number of anilines is 1. The first kappa shape index (κ1) is 20.7. The normalized spacial score (nSPS) is 10.6. The lowest BCUT2D eigenvalue weighted by Gasteiger charge is -2.07. The van der Waals surface area contributed by atoms with Gasteiger partial charge in [0, 0.05) is 0 Å². The quantitative estimate of drug-likeness (QED) is 0.389. The molecule has 6 nitrogen and oxygen atoms in total. The smallest absolute Gasteiger partial charge is 0.249 e. The van der Waals surface area contributed by atoms with Crippen LogP contribution in [0.1, 0.15) is 25.3 Å². The van der Waals surface area contributed by atoms with Gasteiger partial charge in [0.15, 0.2) is 0 Å². The van der Waals surface area contributed by atoms with E-state index in [0.29, 0.717) is 17.3 Å². The second kappa shape index (κ2) is 10.5. The minimum Gasteiger partial charge on any atom is -0.494 e. The van der Waals surface area contributed by atoms with Crippen molar-refractivity contribution in [2.75, 3.05) is 11.9 Å². The summed E-state index contributed by atoms with van der Waals surface area (Å²) < 4.78 is 5.53. The predicted molar refractivity (Wildman–Crippen MR) is 108 cm³/mol. The van der Waals surface area contributed by atoms with Gasteiger partial charge in [0.1, 0.15) is 12.2 Å². The van der Waals surface area contributed by atoms with Crippen molar-refractivity contribution in [1.29, 1.82) is 0 Å². The van der Waals surface area contributed by atoms with Gasteiger partial charge in [0.25, 0.3) is 0 Å². The van der Waals surface area contributed by atoms with E-state index in [4.69, 9.17) is 27.9 Å². The monoisotopic (exact) mass is 407 g/mol. The van der Waals surface area contributed by atoms with Crippen molar-refractivity contribution in [1.82, 2.24) is 5.43 Å². The number of hydrogen-bond donors (Lipinski definition) is 2. The molecular weight excluding hydrogens is 389 g/mol. The highest BCUT2D eigenvalue weighted by Crippen LogP contribution is 2.29. The van der Waals surface area contributed by atoms with E-state index in [1.807, 2.05) is 25.1 Å². The number of carbonyl (C=O) groups is 2. The van der Waals surface area contributed by atoms with Crippen molar-refractivity contribution in [3.05, 3.63) is 58.1 Å². The maximum Gasteiger partial charge on any atom is 0.249 e. The molecular formula is C19H19Cl2N3O3. The maximum atomic E-state index is 11.9. The molecule has 2 rings (SSSR count). The van der Waals surface area contributed by atoms with Crippen molar-refractivity contribution < 1.29 is 14.3 Å². The molecule has 0 aliphatic heterocycles. The van der Waals surface area contributed by atoms with Gasteiger partial charge < -0.3 is 10.1 Å². The van der Waals surface area contributed by atoms with Crippen LogP contribution in [-0.2, 0) is 9.59 Å². The van der Waals surface area contributed by atoms with E-state index in [1.54, 1.807) is 24.3 Å². The molecule has 27 heavy (non-hydrogen) atoms. The van der Waals surface area contributed by atoms with Gasteiger partial charge in [-0.1, -0.05) is 48.3 Å². The second-order valence-corrected chi connectivity index (χ2v) is 6.33. The fourth-order valence-electron chi connectivity index (χ4n) is 2.06.